The van der Waals surface area contributed by atoms with Gasteiger partial charge in [-0.1, -0.05) is 13.3 Å². The van der Waals surface area contributed by atoms with Crippen LogP contribution in [0.5, 0.6) is 0 Å². The first-order valence-electron chi connectivity index (χ1n) is 6.52. The van der Waals surface area contributed by atoms with Crippen LogP contribution in [0.25, 0.3) is 0 Å². The highest BCUT2D eigenvalue weighted by Crippen LogP contribution is 2.16. The van der Waals surface area contributed by atoms with E-state index in [4.69, 9.17) is 0 Å². The van der Waals surface area contributed by atoms with Gasteiger partial charge in [0.1, 0.15) is 5.82 Å². The predicted molar refractivity (Wildman–Crippen MR) is 75.0 cm³/mol. The molecule has 1 unspecified atom stereocenters. The number of nitrogens with one attached hydrogen (secondary N) is 2. The Bertz CT molecular complexity index is 379. The van der Waals surface area contributed by atoms with E-state index in [9.17, 15) is 5.11 Å². The van der Waals surface area contributed by atoms with E-state index >= 15 is 0 Å². The van der Waals surface area contributed by atoms with Crippen LogP contribution in [0.4, 0.5) is 11.8 Å². The van der Waals surface area contributed by atoms with Crippen LogP contribution in [0, 0.1) is 6.92 Å². The summed E-state index contributed by atoms with van der Waals surface area (Å²) >= 11 is 0. The van der Waals surface area contributed by atoms with Gasteiger partial charge in [0.2, 0.25) is 5.95 Å². The summed E-state index contributed by atoms with van der Waals surface area (Å²) in [7, 11) is 0. The second kappa shape index (κ2) is 6.54. The second-order valence-corrected chi connectivity index (χ2v) is 4.86. The van der Waals surface area contributed by atoms with Crippen LogP contribution in [-0.2, 0) is 0 Å². The Hall–Kier alpha value is -1.36. The molecule has 0 amide bonds. The summed E-state index contributed by atoms with van der Waals surface area (Å²) in [5.41, 5.74) is 0.272. The van der Waals surface area contributed by atoms with Crippen LogP contribution >= 0.6 is 0 Å². The average molecular weight is 252 g/mol. The number of rotatable bonds is 7. The number of hydrogen-bond donors (Lipinski definition) is 3. The van der Waals surface area contributed by atoms with Gasteiger partial charge in [-0.15, -0.1) is 0 Å². The van der Waals surface area contributed by atoms with Crippen molar-refractivity contribution in [3.05, 3.63) is 11.8 Å². The molecule has 1 rings (SSSR count). The van der Waals surface area contributed by atoms with E-state index < -0.39 is 5.60 Å². The number of aromatic nitrogens is 2. The van der Waals surface area contributed by atoms with Crippen LogP contribution < -0.4 is 10.6 Å². The van der Waals surface area contributed by atoms with Gasteiger partial charge in [0.15, 0.2) is 0 Å². The molecule has 0 saturated carbocycles. The van der Waals surface area contributed by atoms with Crippen molar-refractivity contribution in [1.29, 1.82) is 0 Å². The maximum absolute atomic E-state index is 10.1. The van der Waals surface area contributed by atoms with Gasteiger partial charge in [-0.3, -0.25) is 0 Å². The number of aryl methyl sites for hydroxylation is 1. The van der Waals surface area contributed by atoms with Crippen molar-refractivity contribution in [2.24, 2.45) is 0 Å². The summed E-state index contributed by atoms with van der Waals surface area (Å²) in [4.78, 5) is 8.57. The first-order valence-corrected chi connectivity index (χ1v) is 6.52. The third-order valence-electron chi connectivity index (χ3n) is 2.73. The van der Waals surface area contributed by atoms with Crippen molar-refractivity contribution < 1.29 is 5.11 Å². The van der Waals surface area contributed by atoms with E-state index in [-0.39, 0.29) is 0 Å². The zero-order chi connectivity index (χ0) is 13.6. The molecule has 1 aromatic rings. The fourth-order valence-electron chi connectivity index (χ4n) is 1.77. The maximum Gasteiger partial charge on any atom is 0.224 e. The average Bonchev–Trinajstić information content (AvgIpc) is 2.30. The lowest BCUT2D eigenvalue weighted by atomic mass is 10.0. The normalized spacial score (nSPS) is 14.1. The van der Waals surface area contributed by atoms with Crippen LogP contribution in [0.2, 0.25) is 0 Å². The minimum absolute atomic E-state index is 0.490. The van der Waals surface area contributed by atoms with Crippen molar-refractivity contribution in [2.75, 3.05) is 23.7 Å². The van der Waals surface area contributed by atoms with Crippen LogP contribution in [0.15, 0.2) is 6.20 Å². The quantitative estimate of drug-likeness (QED) is 0.694. The van der Waals surface area contributed by atoms with E-state index in [2.05, 4.69) is 27.5 Å². The maximum atomic E-state index is 10.1. The minimum atomic E-state index is -0.704. The highest BCUT2D eigenvalue weighted by molar-refractivity contribution is 5.46. The third kappa shape index (κ3) is 4.49. The summed E-state index contributed by atoms with van der Waals surface area (Å²) in [5.74, 6) is 1.39. The molecule has 5 nitrogen and oxygen atoms in total. The Balaban J connectivity index is 2.68. The zero-order valence-corrected chi connectivity index (χ0v) is 11.7. The van der Waals surface area contributed by atoms with Gasteiger partial charge in [0.25, 0.3) is 0 Å². The molecule has 5 heteroatoms. The molecule has 0 radical (unpaired) electrons. The molecule has 102 valence electrons. The molecule has 3 N–H and O–H groups in total. The summed E-state index contributed by atoms with van der Waals surface area (Å²) < 4.78 is 0. The van der Waals surface area contributed by atoms with Gasteiger partial charge in [0, 0.05) is 24.8 Å². The molecule has 0 aromatic carbocycles. The lowest BCUT2D eigenvalue weighted by molar-refractivity contribution is 0.0636. The van der Waals surface area contributed by atoms with Crippen molar-refractivity contribution in [2.45, 2.75) is 46.1 Å². The molecule has 1 aromatic heterocycles. The van der Waals surface area contributed by atoms with Crippen molar-refractivity contribution in [3.8, 4) is 0 Å². The SMILES string of the molecule is CCCC(C)(O)CNc1nc(NCC)ncc1C. The first-order chi connectivity index (χ1) is 8.48. The molecular formula is C13H24N4O. The van der Waals surface area contributed by atoms with Gasteiger partial charge in [-0.25, -0.2) is 4.98 Å². The summed E-state index contributed by atoms with van der Waals surface area (Å²) in [6.45, 7) is 9.13. The monoisotopic (exact) mass is 252 g/mol. The molecule has 1 heterocycles. The molecule has 1 atom stereocenters. The highest BCUT2D eigenvalue weighted by Gasteiger charge is 2.19. The van der Waals surface area contributed by atoms with Crippen molar-refractivity contribution >= 4 is 11.8 Å². The van der Waals surface area contributed by atoms with Crippen molar-refractivity contribution in [3.63, 3.8) is 0 Å². The first kappa shape index (κ1) is 14.7. The molecular weight excluding hydrogens is 228 g/mol. The number of anilines is 2. The summed E-state index contributed by atoms with van der Waals surface area (Å²) in [5, 5.41) is 16.4. The molecule has 0 fully saturated rings. The van der Waals surface area contributed by atoms with Gasteiger partial charge in [0.05, 0.1) is 5.60 Å². The van der Waals surface area contributed by atoms with E-state index in [1.807, 2.05) is 20.8 Å². The van der Waals surface area contributed by atoms with Gasteiger partial charge in [-0.05, 0) is 27.2 Å². The zero-order valence-electron chi connectivity index (χ0n) is 11.7. The van der Waals surface area contributed by atoms with E-state index in [1.165, 1.54) is 0 Å². The van der Waals surface area contributed by atoms with Gasteiger partial charge >= 0.3 is 0 Å². The molecule has 0 spiro atoms. The van der Waals surface area contributed by atoms with E-state index in [1.54, 1.807) is 6.20 Å². The molecule has 0 aliphatic carbocycles. The van der Waals surface area contributed by atoms with E-state index in [0.717, 1.165) is 30.8 Å². The number of hydrogen-bond acceptors (Lipinski definition) is 5. The number of nitrogens with zero attached hydrogens (tertiary/aromatic N) is 2. The smallest absolute Gasteiger partial charge is 0.224 e. The fourth-order valence-corrected chi connectivity index (χ4v) is 1.77. The summed E-state index contributed by atoms with van der Waals surface area (Å²) in [6.07, 6.45) is 3.51. The lowest BCUT2D eigenvalue weighted by Crippen LogP contribution is -2.33. The van der Waals surface area contributed by atoms with Gasteiger partial charge in [-0.2, -0.15) is 4.98 Å². The standard InChI is InChI=1S/C13H24N4O/c1-5-7-13(4,18)9-16-11-10(3)8-15-12(17-11)14-6-2/h8,18H,5-7,9H2,1-4H3,(H2,14,15,16,17). The highest BCUT2D eigenvalue weighted by atomic mass is 16.3. The topological polar surface area (TPSA) is 70.1 Å². The van der Waals surface area contributed by atoms with Crippen molar-refractivity contribution in [1.82, 2.24) is 9.97 Å². The Kier molecular flexibility index (Phi) is 5.34. The lowest BCUT2D eigenvalue weighted by Gasteiger charge is -2.23. The molecule has 0 bridgehead atoms. The molecule has 18 heavy (non-hydrogen) atoms. The Morgan fingerprint density at radius 2 is 2.06 bits per heavy atom. The Morgan fingerprint density at radius 3 is 2.67 bits per heavy atom. The molecule has 0 saturated heterocycles. The number of aliphatic hydroxyl groups is 1. The minimum Gasteiger partial charge on any atom is -0.388 e. The second-order valence-electron chi connectivity index (χ2n) is 4.86. The molecule has 0 aliphatic heterocycles. The molecule has 0 aliphatic rings. The summed E-state index contributed by atoms with van der Waals surface area (Å²) in [6, 6.07) is 0. The predicted octanol–water partition coefficient (Wildman–Crippen LogP) is 2.18. The Labute approximate surface area is 109 Å². The van der Waals surface area contributed by atoms with Crippen LogP contribution in [0.3, 0.4) is 0 Å². The van der Waals surface area contributed by atoms with E-state index in [0.29, 0.717) is 12.5 Å². The largest absolute Gasteiger partial charge is 0.388 e. The third-order valence-corrected chi connectivity index (χ3v) is 2.73. The van der Waals surface area contributed by atoms with Crippen LogP contribution in [0.1, 0.15) is 39.2 Å². The van der Waals surface area contributed by atoms with Gasteiger partial charge < -0.3 is 15.7 Å². The fraction of sp³-hybridized carbons (Fsp3) is 0.692. The Morgan fingerprint density at radius 1 is 1.33 bits per heavy atom. The van der Waals surface area contributed by atoms with Crippen LogP contribution in [-0.4, -0.2) is 33.8 Å².